The van der Waals surface area contributed by atoms with Gasteiger partial charge >= 0.3 is 0 Å². The van der Waals surface area contributed by atoms with E-state index >= 15 is 0 Å². The Bertz CT molecular complexity index is 1560. The number of pyridine rings is 1. The number of hydrogen-bond acceptors (Lipinski definition) is 8. The number of nitrogens with one attached hydrogen (secondary N) is 1. The lowest BCUT2D eigenvalue weighted by molar-refractivity contribution is -0.0224. The van der Waals surface area contributed by atoms with Gasteiger partial charge in [-0.25, -0.2) is 19.3 Å². The summed E-state index contributed by atoms with van der Waals surface area (Å²) in [4.78, 5) is 32.3. The minimum absolute atomic E-state index is 0.155. The summed E-state index contributed by atoms with van der Waals surface area (Å²) >= 11 is 0. The van der Waals surface area contributed by atoms with Crippen LogP contribution in [0.5, 0.6) is 0 Å². The van der Waals surface area contributed by atoms with Crippen molar-refractivity contribution < 1.29 is 4.74 Å². The highest BCUT2D eigenvalue weighted by molar-refractivity contribution is 5.77. The third-order valence-electron chi connectivity index (χ3n) is 7.43. The molecule has 5 heterocycles. The zero-order valence-electron chi connectivity index (χ0n) is 22.7. The van der Waals surface area contributed by atoms with Gasteiger partial charge in [0.25, 0.3) is 5.56 Å². The van der Waals surface area contributed by atoms with E-state index in [0.29, 0.717) is 36.0 Å². The van der Waals surface area contributed by atoms with Crippen LogP contribution in [0, 0.1) is 0 Å². The molecule has 2 bridgehead atoms. The predicted molar refractivity (Wildman–Crippen MR) is 153 cm³/mol. The van der Waals surface area contributed by atoms with Gasteiger partial charge in [-0.05, 0) is 63.7 Å². The SMILES string of the molecule is CN1CCN(c2ccc(Nc3ncc4c(=O)n5n(c4n3)-c3cccc(n3)C(C)(C)OCCC=CC5)cc2)CC1. The molecule has 1 N–H and O–H groups in total. The normalized spacial score (nSPS) is 17.9. The van der Waals surface area contributed by atoms with Crippen molar-refractivity contribution in [3.8, 4) is 5.82 Å². The molecule has 1 saturated heterocycles. The van der Waals surface area contributed by atoms with Gasteiger partial charge in [0.05, 0.1) is 18.8 Å². The maximum atomic E-state index is 13.4. The van der Waals surface area contributed by atoms with Crippen LogP contribution in [0.2, 0.25) is 0 Å². The number of fused-ring (bicyclic) bond motifs is 6. The number of hydrogen-bond donors (Lipinski definition) is 1. The first-order valence-corrected chi connectivity index (χ1v) is 13.4. The number of nitrogens with zero attached hydrogens (tertiary/aromatic N) is 7. The number of anilines is 3. The fourth-order valence-corrected chi connectivity index (χ4v) is 5.06. The zero-order chi connectivity index (χ0) is 27.0. The molecule has 0 saturated carbocycles. The predicted octanol–water partition coefficient (Wildman–Crippen LogP) is 3.68. The first kappa shape index (κ1) is 25.3. The first-order valence-electron chi connectivity index (χ1n) is 13.4. The molecule has 0 aliphatic carbocycles. The highest BCUT2D eigenvalue weighted by Crippen LogP contribution is 2.26. The Morgan fingerprint density at radius 1 is 0.974 bits per heavy atom. The van der Waals surface area contributed by atoms with E-state index in [2.05, 4.69) is 39.3 Å². The molecule has 1 fully saturated rings. The second kappa shape index (κ2) is 10.3. The first-order chi connectivity index (χ1) is 18.9. The van der Waals surface area contributed by atoms with Crippen LogP contribution in [-0.4, -0.2) is 69.0 Å². The van der Waals surface area contributed by atoms with E-state index in [1.807, 2.05) is 56.3 Å². The molecule has 0 radical (unpaired) electrons. The van der Waals surface area contributed by atoms with Crippen LogP contribution in [-0.2, 0) is 16.9 Å². The number of aromatic nitrogens is 5. The van der Waals surface area contributed by atoms with E-state index in [0.717, 1.165) is 44.0 Å². The maximum absolute atomic E-state index is 13.4. The van der Waals surface area contributed by atoms with Crippen LogP contribution in [0.4, 0.5) is 17.3 Å². The van der Waals surface area contributed by atoms with Gasteiger partial charge in [-0.15, -0.1) is 0 Å². The Balaban J connectivity index is 1.36. The van der Waals surface area contributed by atoms with Crippen molar-refractivity contribution in [3.05, 3.63) is 76.9 Å². The maximum Gasteiger partial charge on any atom is 0.278 e. The van der Waals surface area contributed by atoms with Crippen LogP contribution in [0.1, 0.15) is 26.0 Å². The van der Waals surface area contributed by atoms with Gasteiger partial charge in [0.1, 0.15) is 11.0 Å². The van der Waals surface area contributed by atoms with E-state index in [4.69, 9.17) is 14.7 Å². The number of likely N-dealkylation sites (N-methyl/N-ethyl adjacent to an activating group) is 1. The standard InChI is InChI=1S/C29H34N8O2/c1-29(2)24-8-7-9-25(32-24)37-26-23(27(38)36(37)14-5-4-6-19-39-29)20-30-28(33-26)31-21-10-12-22(13-11-21)35-17-15-34(3)16-18-35/h4-5,7-13,20H,6,14-19H2,1-3H3,(H,30,31,33). The minimum Gasteiger partial charge on any atom is -0.369 e. The van der Waals surface area contributed by atoms with Gasteiger partial charge in [0, 0.05) is 43.8 Å². The van der Waals surface area contributed by atoms with E-state index < -0.39 is 5.60 Å². The quantitative estimate of drug-likeness (QED) is 0.404. The summed E-state index contributed by atoms with van der Waals surface area (Å²) in [6.07, 6.45) is 6.36. The molecule has 39 heavy (non-hydrogen) atoms. The van der Waals surface area contributed by atoms with Crippen molar-refractivity contribution in [1.29, 1.82) is 0 Å². The topological polar surface area (TPSA) is 93.3 Å². The molecule has 2 aliphatic heterocycles. The highest BCUT2D eigenvalue weighted by Gasteiger charge is 2.25. The summed E-state index contributed by atoms with van der Waals surface area (Å²) in [5, 5.41) is 3.75. The average molecular weight is 527 g/mol. The lowest BCUT2D eigenvalue weighted by Gasteiger charge is -2.34. The Hall–Kier alpha value is -4.02. The summed E-state index contributed by atoms with van der Waals surface area (Å²) in [6, 6.07) is 14.1. The molecule has 4 aromatic rings. The molecule has 0 spiro atoms. The highest BCUT2D eigenvalue weighted by atomic mass is 16.5. The molecule has 1 aromatic carbocycles. The van der Waals surface area contributed by atoms with Crippen LogP contribution >= 0.6 is 0 Å². The number of piperazine rings is 1. The third kappa shape index (κ3) is 5.05. The van der Waals surface area contributed by atoms with Crippen molar-refractivity contribution in [2.45, 2.75) is 32.4 Å². The fourth-order valence-electron chi connectivity index (χ4n) is 5.06. The molecule has 0 amide bonds. The van der Waals surface area contributed by atoms with Crippen molar-refractivity contribution >= 4 is 28.4 Å². The molecular weight excluding hydrogens is 492 g/mol. The minimum atomic E-state index is -0.574. The van der Waals surface area contributed by atoms with Crippen molar-refractivity contribution in [2.75, 3.05) is 50.1 Å². The Morgan fingerprint density at radius 2 is 1.77 bits per heavy atom. The van der Waals surface area contributed by atoms with Crippen LogP contribution in [0.3, 0.4) is 0 Å². The molecule has 10 nitrogen and oxygen atoms in total. The summed E-state index contributed by atoms with van der Waals surface area (Å²) in [7, 11) is 2.16. The van der Waals surface area contributed by atoms with E-state index in [1.54, 1.807) is 15.6 Å². The smallest absolute Gasteiger partial charge is 0.278 e. The van der Waals surface area contributed by atoms with Crippen LogP contribution in [0.25, 0.3) is 16.9 Å². The average Bonchev–Trinajstić information content (AvgIpc) is 3.21. The number of ether oxygens (including phenoxy) is 1. The number of allylic oxidation sites excluding steroid dienone is 1. The van der Waals surface area contributed by atoms with Gasteiger partial charge in [-0.2, -0.15) is 4.98 Å². The second-order valence-corrected chi connectivity index (χ2v) is 10.6. The largest absolute Gasteiger partial charge is 0.369 e. The van der Waals surface area contributed by atoms with Crippen LogP contribution in [0.15, 0.2) is 65.6 Å². The second-order valence-electron chi connectivity index (χ2n) is 10.6. The summed E-state index contributed by atoms with van der Waals surface area (Å²) < 4.78 is 9.57. The third-order valence-corrected chi connectivity index (χ3v) is 7.43. The van der Waals surface area contributed by atoms with Gasteiger partial charge in [0.2, 0.25) is 5.95 Å². The van der Waals surface area contributed by atoms with Crippen molar-refractivity contribution in [1.82, 2.24) is 29.2 Å². The van der Waals surface area contributed by atoms with E-state index in [1.165, 1.54) is 5.69 Å². The van der Waals surface area contributed by atoms with Gasteiger partial charge in [0.15, 0.2) is 11.5 Å². The Morgan fingerprint density at radius 3 is 2.56 bits per heavy atom. The van der Waals surface area contributed by atoms with E-state index in [-0.39, 0.29) is 5.56 Å². The summed E-state index contributed by atoms with van der Waals surface area (Å²) in [6.45, 7) is 9.14. The number of rotatable bonds is 3. The lowest BCUT2D eigenvalue weighted by Crippen LogP contribution is -2.44. The van der Waals surface area contributed by atoms with Gasteiger partial charge in [-0.3, -0.25) is 4.79 Å². The van der Waals surface area contributed by atoms with Crippen molar-refractivity contribution in [2.24, 2.45) is 0 Å². The Kier molecular flexibility index (Phi) is 6.66. The monoisotopic (exact) mass is 526 g/mol. The van der Waals surface area contributed by atoms with Crippen LogP contribution < -0.4 is 15.8 Å². The fraction of sp³-hybridized carbons (Fsp3) is 0.379. The van der Waals surface area contributed by atoms with Crippen molar-refractivity contribution in [3.63, 3.8) is 0 Å². The lowest BCUT2D eigenvalue weighted by atomic mass is 10.0. The molecule has 10 heteroatoms. The molecule has 6 rings (SSSR count). The van der Waals surface area contributed by atoms with Gasteiger partial charge in [-0.1, -0.05) is 18.2 Å². The molecule has 0 unspecified atom stereocenters. The molecule has 3 aromatic heterocycles. The molecule has 2 aliphatic rings. The summed E-state index contributed by atoms with van der Waals surface area (Å²) in [5.41, 5.74) is 2.64. The molecular formula is C29H34N8O2. The Labute approximate surface area is 227 Å². The zero-order valence-corrected chi connectivity index (χ0v) is 22.7. The van der Waals surface area contributed by atoms with Gasteiger partial charge < -0.3 is 19.9 Å². The van der Waals surface area contributed by atoms with E-state index in [9.17, 15) is 4.79 Å². The number of benzene rings is 1. The molecule has 202 valence electrons. The summed E-state index contributed by atoms with van der Waals surface area (Å²) in [5.74, 6) is 1.02. The molecule has 0 atom stereocenters.